The van der Waals surface area contributed by atoms with Crippen LogP contribution < -0.4 is 4.74 Å². The molecule has 6 nitrogen and oxygen atoms in total. The SMILES string of the molecule is Clc1cc2c(c(-c3ccnc4ccnn34)c1)OC(c1onc3c1CCCC3)C2. The van der Waals surface area contributed by atoms with E-state index < -0.39 is 0 Å². The van der Waals surface area contributed by atoms with E-state index in [-0.39, 0.29) is 6.10 Å². The molecule has 28 heavy (non-hydrogen) atoms. The molecule has 1 aromatic carbocycles. The van der Waals surface area contributed by atoms with Crippen LogP contribution in [0.2, 0.25) is 5.02 Å². The van der Waals surface area contributed by atoms with Gasteiger partial charge in [0.25, 0.3) is 0 Å². The van der Waals surface area contributed by atoms with E-state index in [0.29, 0.717) is 5.02 Å². The number of nitrogens with zero attached hydrogens (tertiary/aromatic N) is 4. The van der Waals surface area contributed by atoms with Gasteiger partial charge in [0.2, 0.25) is 0 Å². The maximum atomic E-state index is 6.45. The molecule has 0 spiro atoms. The zero-order chi connectivity index (χ0) is 18.7. The largest absolute Gasteiger partial charge is 0.481 e. The van der Waals surface area contributed by atoms with Crippen LogP contribution in [0, 0.1) is 0 Å². The summed E-state index contributed by atoms with van der Waals surface area (Å²) in [6, 6.07) is 7.71. The summed E-state index contributed by atoms with van der Waals surface area (Å²) in [5, 5.41) is 9.37. The van der Waals surface area contributed by atoms with Gasteiger partial charge in [-0.2, -0.15) is 5.10 Å². The van der Waals surface area contributed by atoms with Gasteiger partial charge in [0, 0.05) is 40.4 Å². The second-order valence-corrected chi connectivity index (χ2v) is 7.80. The number of aryl methyl sites for hydroxylation is 1. The topological polar surface area (TPSA) is 65.5 Å². The molecule has 2 aliphatic rings. The molecule has 1 aliphatic carbocycles. The van der Waals surface area contributed by atoms with Crippen LogP contribution >= 0.6 is 11.6 Å². The van der Waals surface area contributed by atoms with E-state index in [1.54, 1.807) is 16.9 Å². The van der Waals surface area contributed by atoms with Crippen LogP contribution in [-0.2, 0) is 19.3 Å². The number of hydrogen-bond acceptors (Lipinski definition) is 5. The van der Waals surface area contributed by atoms with E-state index in [2.05, 4.69) is 15.2 Å². The summed E-state index contributed by atoms with van der Waals surface area (Å²) in [6.45, 7) is 0. The molecule has 7 heteroatoms. The first-order valence-corrected chi connectivity index (χ1v) is 9.91. The zero-order valence-corrected chi connectivity index (χ0v) is 15.8. The van der Waals surface area contributed by atoms with Gasteiger partial charge in [-0.3, -0.25) is 0 Å². The van der Waals surface area contributed by atoms with Crippen molar-refractivity contribution in [2.45, 2.75) is 38.2 Å². The average Bonchev–Trinajstić information content (AvgIpc) is 3.43. The van der Waals surface area contributed by atoms with Crippen LogP contribution in [0.4, 0.5) is 0 Å². The monoisotopic (exact) mass is 392 g/mol. The van der Waals surface area contributed by atoms with Gasteiger partial charge in [-0.25, -0.2) is 9.50 Å². The summed E-state index contributed by atoms with van der Waals surface area (Å²) in [5.74, 6) is 1.70. The first kappa shape index (κ1) is 16.1. The molecule has 4 aromatic rings. The molecule has 3 aromatic heterocycles. The minimum Gasteiger partial charge on any atom is -0.481 e. The maximum absolute atomic E-state index is 6.45. The number of hydrogen-bond donors (Lipinski definition) is 0. The first-order valence-electron chi connectivity index (χ1n) is 9.53. The van der Waals surface area contributed by atoms with Crippen LogP contribution in [0.3, 0.4) is 0 Å². The highest BCUT2D eigenvalue weighted by molar-refractivity contribution is 6.31. The Kier molecular flexibility index (Phi) is 3.50. The molecule has 0 amide bonds. The second kappa shape index (κ2) is 6.07. The van der Waals surface area contributed by atoms with Gasteiger partial charge in [0.1, 0.15) is 5.75 Å². The number of ether oxygens (including phenoxy) is 1. The Labute approximate surface area is 166 Å². The third kappa shape index (κ3) is 2.37. The summed E-state index contributed by atoms with van der Waals surface area (Å²) in [6.07, 6.45) is 8.41. The predicted octanol–water partition coefficient (Wildman–Crippen LogP) is 4.59. The number of fused-ring (bicyclic) bond motifs is 3. The smallest absolute Gasteiger partial charge is 0.181 e. The molecule has 1 unspecified atom stereocenters. The summed E-state index contributed by atoms with van der Waals surface area (Å²) >= 11 is 6.45. The average molecular weight is 393 g/mol. The lowest BCUT2D eigenvalue weighted by Crippen LogP contribution is -2.08. The Hall–Kier alpha value is -2.86. The predicted molar refractivity (Wildman–Crippen MR) is 104 cm³/mol. The highest BCUT2D eigenvalue weighted by atomic mass is 35.5. The Morgan fingerprint density at radius 3 is 3.00 bits per heavy atom. The van der Waals surface area contributed by atoms with Crippen molar-refractivity contribution < 1.29 is 9.26 Å². The molecule has 0 N–H and O–H groups in total. The fourth-order valence-electron chi connectivity index (χ4n) is 4.37. The molecular weight excluding hydrogens is 376 g/mol. The van der Waals surface area contributed by atoms with Crippen LogP contribution in [0.5, 0.6) is 5.75 Å². The summed E-state index contributed by atoms with van der Waals surface area (Å²) in [5.41, 5.74) is 5.99. The van der Waals surface area contributed by atoms with Crippen molar-refractivity contribution in [3.05, 3.63) is 64.3 Å². The minimum absolute atomic E-state index is 0.170. The number of rotatable bonds is 2. The van der Waals surface area contributed by atoms with Crippen molar-refractivity contribution in [3.8, 4) is 17.0 Å². The minimum atomic E-state index is -0.170. The number of halogens is 1. The van der Waals surface area contributed by atoms with Gasteiger partial charge in [0.15, 0.2) is 17.5 Å². The van der Waals surface area contributed by atoms with Crippen LogP contribution in [-0.4, -0.2) is 19.8 Å². The van der Waals surface area contributed by atoms with Crippen LogP contribution in [0.1, 0.15) is 41.5 Å². The van der Waals surface area contributed by atoms with Gasteiger partial charge in [0.05, 0.1) is 17.6 Å². The highest BCUT2D eigenvalue weighted by Gasteiger charge is 2.34. The first-order chi connectivity index (χ1) is 13.8. The third-order valence-electron chi connectivity index (χ3n) is 5.64. The lowest BCUT2D eigenvalue weighted by atomic mass is 9.94. The molecule has 0 radical (unpaired) electrons. The summed E-state index contributed by atoms with van der Waals surface area (Å²) in [4.78, 5) is 4.35. The third-order valence-corrected chi connectivity index (χ3v) is 5.86. The van der Waals surface area contributed by atoms with Crippen LogP contribution in [0.25, 0.3) is 16.9 Å². The summed E-state index contributed by atoms with van der Waals surface area (Å²) in [7, 11) is 0. The molecule has 0 fully saturated rings. The van der Waals surface area contributed by atoms with Gasteiger partial charge in [-0.1, -0.05) is 16.8 Å². The number of benzene rings is 1. The molecule has 140 valence electrons. The van der Waals surface area contributed by atoms with Crippen molar-refractivity contribution in [1.29, 1.82) is 0 Å². The van der Waals surface area contributed by atoms with Crippen LogP contribution in [0.15, 0.2) is 41.2 Å². The second-order valence-electron chi connectivity index (χ2n) is 7.36. The lowest BCUT2D eigenvalue weighted by molar-refractivity contribution is 0.189. The van der Waals surface area contributed by atoms with Crippen molar-refractivity contribution in [2.24, 2.45) is 0 Å². The van der Waals surface area contributed by atoms with Crippen molar-refractivity contribution in [1.82, 2.24) is 19.8 Å². The van der Waals surface area contributed by atoms with Gasteiger partial charge < -0.3 is 9.26 Å². The van der Waals surface area contributed by atoms with E-state index in [4.69, 9.17) is 20.9 Å². The fraction of sp³-hybridized carbons (Fsp3) is 0.286. The lowest BCUT2D eigenvalue weighted by Gasteiger charge is -2.14. The van der Waals surface area contributed by atoms with Gasteiger partial charge in [-0.05, 0) is 43.9 Å². The molecule has 1 atom stereocenters. The molecule has 6 rings (SSSR count). The molecule has 0 saturated carbocycles. The van der Waals surface area contributed by atoms with Crippen molar-refractivity contribution in [3.63, 3.8) is 0 Å². The Morgan fingerprint density at radius 1 is 1.11 bits per heavy atom. The normalized spacial score (nSPS) is 18.1. The van der Waals surface area contributed by atoms with Crippen molar-refractivity contribution >= 4 is 17.2 Å². The quantitative estimate of drug-likeness (QED) is 0.499. The molecule has 0 bridgehead atoms. The summed E-state index contributed by atoms with van der Waals surface area (Å²) < 4.78 is 14.0. The molecular formula is C21H17ClN4O2. The van der Waals surface area contributed by atoms with E-state index in [0.717, 1.165) is 58.9 Å². The fourth-order valence-corrected chi connectivity index (χ4v) is 4.61. The maximum Gasteiger partial charge on any atom is 0.181 e. The Morgan fingerprint density at radius 2 is 2.04 bits per heavy atom. The Bertz CT molecular complexity index is 1210. The van der Waals surface area contributed by atoms with Crippen molar-refractivity contribution in [2.75, 3.05) is 0 Å². The van der Waals surface area contributed by atoms with E-state index in [1.807, 2.05) is 24.3 Å². The van der Waals surface area contributed by atoms with Gasteiger partial charge >= 0.3 is 0 Å². The number of aromatic nitrogens is 4. The van der Waals surface area contributed by atoms with E-state index >= 15 is 0 Å². The van der Waals surface area contributed by atoms with E-state index in [1.165, 1.54) is 18.4 Å². The highest BCUT2D eigenvalue weighted by Crippen LogP contribution is 2.46. The van der Waals surface area contributed by atoms with Gasteiger partial charge in [-0.15, -0.1) is 0 Å². The molecule has 1 aliphatic heterocycles. The Balaban J connectivity index is 1.46. The zero-order valence-electron chi connectivity index (χ0n) is 15.1. The van der Waals surface area contributed by atoms with E-state index in [9.17, 15) is 0 Å². The standard InChI is InChI=1S/C21H17ClN4O2/c22-13-9-12-10-18(21-14-3-1-2-4-16(14)25-28-21)27-20(12)15(11-13)17-5-7-23-19-6-8-24-26(17)19/h5-9,11,18H,1-4,10H2. The molecule has 4 heterocycles. The molecule has 0 saturated heterocycles.